The van der Waals surface area contributed by atoms with Gasteiger partial charge in [0.05, 0.1) is 51.1 Å². The van der Waals surface area contributed by atoms with E-state index in [1.54, 1.807) is 37.2 Å². The lowest BCUT2D eigenvalue weighted by Gasteiger charge is -2.09. The Kier molecular flexibility index (Phi) is 5.28. The van der Waals surface area contributed by atoms with E-state index in [1.165, 1.54) is 21.5 Å². The quantitative estimate of drug-likeness (QED) is 0.484. The summed E-state index contributed by atoms with van der Waals surface area (Å²) >= 11 is 0. The van der Waals surface area contributed by atoms with E-state index in [4.69, 9.17) is 14.0 Å². The van der Waals surface area contributed by atoms with Gasteiger partial charge < -0.3 is 19.1 Å². The minimum Gasteiger partial charge on any atom is -0.493 e. The zero-order chi connectivity index (χ0) is 22.1. The second-order valence-electron chi connectivity index (χ2n) is 7.12. The van der Waals surface area contributed by atoms with Gasteiger partial charge in [0.2, 0.25) is 5.88 Å². The summed E-state index contributed by atoms with van der Waals surface area (Å²) in [4.78, 5) is 13.0. The maximum Gasteiger partial charge on any atom is 0.336 e. The molecule has 10 heteroatoms. The van der Waals surface area contributed by atoms with Crippen LogP contribution in [-0.2, 0) is 13.1 Å². The average molecular weight is 425 g/mol. The van der Waals surface area contributed by atoms with Crippen LogP contribution in [0, 0.1) is 13.8 Å². The Bertz CT molecular complexity index is 1260. The molecule has 0 fully saturated rings. The number of nitrogens with zero attached hydrogens (tertiary/aromatic N) is 5. The molecule has 3 heterocycles. The van der Waals surface area contributed by atoms with Crippen LogP contribution in [-0.4, -0.2) is 43.4 Å². The lowest BCUT2D eigenvalue weighted by Crippen LogP contribution is -2.23. The number of methoxy groups -OCH3 is 2. The van der Waals surface area contributed by atoms with Gasteiger partial charge >= 0.3 is 5.69 Å². The van der Waals surface area contributed by atoms with Crippen LogP contribution >= 0.6 is 0 Å². The topological polar surface area (TPSA) is 109 Å². The van der Waals surface area contributed by atoms with Gasteiger partial charge in [-0.25, -0.2) is 9.36 Å². The van der Waals surface area contributed by atoms with Crippen LogP contribution in [0.5, 0.6) is 17.4 Å². The van der Waals surface area contributed by atoms with Gasteiger partial charge in [0, 0.05) is 11.8 Å². The first-order valence-corrected chi connectivity index (χ1v) is 9.58. The highest BCUT2D eigenvalue weighted by Gasteiger charge is 2.16. The van der Waals surface area contributed by atoms with Crippen LogP contribution in [0.1, 0.15) is 22.6 Å². The molecule has 3 aromatic heterocycles. The van der Waals surface area contributed by atoms with Crippen LogP contribution in [0.15, 0.2) is 46.1 Å². The summed E-state index contributed by atoms with van der Waals surface area (Å²) in [6.07, 6.45) is 4.61. The fourth-order valence-electron chi connectivity index (χ4n) is 3.45. The first kappa shape index (κ1) is 20.3. The van der Waals surface area contributed by atoms with E-state index in [0.29, 0.717) is 23.7 Å². The van der Waals surface area contributed by atoms with Crippen LogP contribution in [0.3, 0.4) is 0 Å². The first-order chi connectivity index (χ1) is 14.9. The van der Waals surface area contributed by atoms with Crippen molar-refractivity contribution in [2.24, 2.45) is 0 Å². The highest BCUT2D eigenvalue weighted by atomic mass is 16.5. The summed E-state index contributed by atoms with van der Waals surface area (Å²) in [6.45, 7) is 4.40. The predicted octanol–water partition coefficient (Wildman–Crippen LogP) is 2.26. The van der Waals surface area contributed by atoms with E-state index < -0.39 is 0 Å². The van der Waals surface area contributed by atoms with Gasteiger partial charge in [-0.2, -0.15) is 5.10 Å². The molecule has 4 aromatic rings. The zero-order valence-electron chi connectivity index (χ0n) is 17.7. The molecule has 0 spiro atoms. The Morgan fingerprint density at radius 3 is 2.55 bits per heavy atom. The standard InChI is InChI=1S/C21H23N5O5/c1-13-17(14(2)31-23-13)11-25-10-16(8-22-25)26-20(27)12-24(21(26)28)9-15-5-6-18(29-3)19(7-15)30-4/h5-8,10,12,27H,9,11H2,1-4H3. The van der Waals surface area contributed by atoms with E-state index in [2.05, 4.69) is 10.3 Å². The first-order valence-electron chi connectivity index (χ1n) is 9.58. The Morgan fingerprint density at radius 2 is 1.87 bits per heavy atom. The largest absolute Gasteiger partial charge is 0.493 e. The molecule has 31 heavy (non-hydrogen) atoms. The third-order valence-corrected chi connectivity index (χ3v) is 5.12. The zero-order valence-corrected chi connectivity index (χ0v) is 17.7. The van der Waals surface area contributed by atoms with Crippen molar-refractivity contribution in [1.29, 1.82) is 0 Å². The molecule has 0 bridgehead atoms. The molecule has 0 aliphatic rings. The Hall–Kier alpha value is -3.95. The highest BCUT2D eigenvalue weighted by Crippen LogP contribution is 2.28. The molecule has 0 unspecified atom stereocenters. The Morgan fingerprint density at radius 1 is 1.10 bits per heavy atom. The van der Waals surface area contributed by atoms with E-state index >= 15 is 0 Å². The molecule has 0 saturated heterocycles. The predicted molar refractivity (Wildman–Crippen MR) is 111 cm³/mol. The van der Waals surface area contributed by atoms with E-state index in [0.717, 1.165) is 22.6 Å². The molecule has 162 valence electrons. The molecule has 0 amide bonds. The minimum atomic E-state index is -0.385. The fraction of sp³-hybridized carbons (Fsp3) is 0.286. The van der Waals surface area contributed by atoms with Crippen molar-refractivity contribution >= 4 is 0 Å². The van der Waals surface area contributed by atoms with Crippen molar-refractivity contribution in [1.82, 2.24) is 24.1 Å². The maximum atomic E-state index is 13.0. The number of benzene rings is 1. The molecule has 1 N–H and O–H groups in total. The van der Waals surface area contributed by atoms with Crippen molar-refractivity contribution in [2.45, 2.75) is 26.9 Å². The lowest BCUT2D eigenvalue weighted by atomic mass is 10.2. The van der Waals surface area contributed by atoms with Gasteiger partial charge in [-0.3, -0.25) is 9.25 Å². The monoisotopic (exact) mass is 425 g/mol. The maximum absolute atomic E-state index is 13.0. The van der Waals surface area contributed by atoms with Crippen molar-refractivity contribution in [3.63, 3.8) is 0 Å². The molecule has 0 radical (unpaired) electrons. The van der Waals surface area contributed by atoms with Gasteiger partial charge in [0.1, 0.15) is 5.76 Å². The van der Waals surface area contributed by atoms with E-state index in [1.807, 2.05) is 19.9 Å². The molecular formula is C21H23N5O5. The van der Waals surface area contributed by atoms with Crippen LogP contribution in [0.25, 0.3) is 5.69 Å². The van der Waals surface area contributed by atoms with Crippen LogP contribution < -0.4 is 15.2 Å². The number of hydrogen-bond acceptors (Lipinski definition) is 7. The summed E-state index contributed by atoms with van der Waals surface area (Å²) in [5.41, 5.74) is 2.61. The molecule has 10 nitrogen and oxygen atoms in total. The molecule has 1 aromatic carbocycles. The molecular weight excluding hydrogens is 402 g/mol. The Balaban J connectivity index is 1.61. The smallest absolute Gasteiger partial charge is 0.336 e. The molecule has 4 rings (SSSR count). The highest BCUT2D eigenvalue weighted by molar-refractivity contribution is 5.43. The summed E-state index contributed by atoms with van der Waals surface area (Å²) in [7, 11) is 3.11. The summed E-state index contributed by atoms with van der Waals surface area (Å²) in [6, 6.07) is 5.40. The average Bonchev–Trinajstić information content (AvgIpc) is 3.42. The number of rotatable bonds is 7. The molecule has 0 atom stereocenters. The number of imidazole rings is 1. The van der Waals surface area contributed by atoms with Gasteiger partial charge in [0.25, 0.3) is 0 Å². The second kappa shape index (κ2) is 8.05. The third-order valence-electron chi connectivity index (χ3n) is 5.12. The van der Waals surface area contributed by atoms with Gasteiger partial charge in [0.15, 0.2) is 11.5 Å². The fourth-order valence-corrected chi connectivity index (χ4v) is 3.45. The molecule has 0 aliphatic heterocycles. The van der Waals surface area contributed by atoms with Gasteiger partial charge in [-0.15, -0.1) is 0 Å². The summed E-state index contributed by atoms with van der Waals surface area (Å²) < 4.78 is 20.0. The van der Waals surface area contributed by atoms with Gasteiger partial charge in [-0.05, 0) is 31.5 Å². The SMILES string of the molecule is COc1ccc(Cn2cc(O)n(-c3cnn(Cc4c(C)noc4C)c3)c2=O)cc1OC. The number of aromatic hydroxyl groups is 1. The number of hydrogen-bond donors (Lipinski definition) is 1. The Labute approximate surface area is 177 Å². The van der Waals surface area contributed by atoms with Crippen molar-refractivity contribution in [3.05, 3.63) is 69.9 Å². The van der Waals surface area contributed by atoms with E-state index in [-0.39, 0.29) is 18.1 Å². The molecule has 0 saturated carbocycles. The second-order valence-corrected chi connectivity index (χ2v) is 7.12. The van der Waals surface area contributed by atoms with Crippen LogP contribution in [0.2, 0.25) is 0 Å². The number of ether oxygens (including phenoxy) is 2. The minimum absolute atomic E-state index is 0.178. The normalized spacial score (nSPS) is 11.1. The van der Waals surface area contributed by atoms with Crippen molar-refractivity contribution < 1.29 is 19.1 Å². The summed E-state index contributed by atoms with van der Waals surface area (Å²) in [5.74, 6) is 1.71. The molecule has 0 aliphatic carbocycles. The number of aromatic nitrogens is 5. The number of aryl methyl sites for hydroxylation is 2. The van der Waals surface area contributed by atoms with Crippen molar-refractivity contribution in [3.8, 4) is 23.1 Å². The summed E-state index contributed by atoms with van der Waals surface area (Å²) in [5, 5.41) is 18.7. The third kappa shape index (κ3) is 3.79. The van der Waals surface area contributed by atoms with Gasteiger partial charge in [-0.1, -0.05) is 11.2 Å². The van der Waals surface area contributed by atoms with Crippen molar-refractivity contribution in [2.75, 3.05) is 14.2 Å². The van der Waals surface area contributed by atoms with Crippen LogP contribution in [0.4, 0.5) is 0 Å². The van der Waals surface area contributed by atoms with E-state index in [9.17, 15) is 9.90 Å². The lowest BCUT2D eigenvalue weighted by molar-refractivity contribution is 0.354.